The lowest BCUT2D eigenvalue weighted by Gasteiger charge is -2.13. The minimum atomic E-state index is -0.962. The van der Waals surface area contributed by atoms with Gasteiger partial charge in [-0.05, 0) is 19.8 Å². The van der Waals surface area contributed by atoms with Crippen molar-refractivity contribution >= 4 is 23.9 Å². The highest BCUT2D eigenvalue weighted by Gasteiger charge is 2.11. The quantitative estimate of drug-likeness (QED) is 0.516. The fraction of sp³-hybridized carbons (Fsp3) is 0.714. The average molecular weight is 318 g/mol. The van der Waals surface area contributed by atoms with Gasteiger partial charge >= 0.3 is 23.9 Å². The molecule has 0 saturated heterocycles. The summed E-state index contributed by atoms with van der Waals surface area (Å²) in [4.78, 5) is 43.2. The van der Waals surface area contributed by atoms with Crippen molar-refractivity contribution in [1.82, 2.24) is 0 Å². The molecular weight excluding hydrogens is 296 g/mol. The zero-order chi connectivity index (χ0) is 17.0. The summed E-state index contributed by atoms with van der Waals surface area (Å²) in [6.45, 7) is 1.73. The van der Waals surface area contributed by atoms with E-state index in [0.29, 0.717) is 6.42 Å². The van der Waals surface area contributed by atoms with Gasteiger partial charge in [0.25, 0.3) is 0 Å². The van der Waals surface area contributed by atoms with Crippen LogP contribution < -0.4 is 0 Å². The molecule has 1 unspecified atom stereocenters. The van der Waals surface area contributed by atoms with Crippen LogP contribution in [0.5, 0.6) is 0 Å². The van der Waals surface area contributed by atoms with Crippen LogP contribution >= 0.6 is 0 Å². The van der Waals surface area contributed by atoms with Crippen LogP contribution in [0.1, 0.15) is 51.9 Å². The van der Waals surface area contributed by atoms with Gasteiger partial charge in [0.2, 0.25) is 0 Å². The molecule has 0 amide bonds. The molecule has 0 aromatic rings. The standard InChI is InChI=1S/C14H22O8/c1-10(22-14(20)7-3-5-12(17)18)8-9-21-13(19)6-2-4-11(15)16/h10H,2-9H2,1H3,(H,15,16)(H,17,18). The van der Waals surface area contributed by atoms with Gasteiger partial charge in [-0.25, -0.2) is 0 Å². The lowest BCUT2D eigenvalue weighted by atomic mass is 10.2. The van der Waals surface area contributed by atoms with Gasteiger partial charge in [-0.15, -0.1) is 0 Å². The molecular formula is C14H22O8. The molecule has 0 saturated carbocycles. The number of esters is 2. The Bertz CT molecular complexity index is 390. The van der Waals surface area contributed by atoms with Crippen molar-refractivity contribution in [3.05, 3.63) is 0 Å². The molecule has 8 nitrogen and oxygen atoms in total. The normalized spacial score (nSPS) is 11.5. The molecule has 0 radical (unpaired) electrons. The Labute approximate surface area is 128 Å². The number of rotatable bonds is 12. The first-order chi connectivity index (χ1) is 10.3. The highest BCUT2D eigenvalue weighted by molar-refractivity contribution is 5.72. The summed E-state index contributed by atoms with van der Waals surface area (Å²) in [7, 11) is 0. The van der Waals surface area contributed by atoms with E-state index in [1.165, 1.54) is 0 Å². The van der Waals surface area contributed by atoms with E-state index >= 15 is 0 Å². The Morgan fingerprint density at radius 3 is 1.86 bits per heavy atom. The van der Waals surface area contributed by atoms with Crippen LogP contribution in [0, 0.1) is 0 Å². The first-order valence-corrected chi connectivity index (χ1v) is 7.10. The maximum absolute atomic E-state index is 11.4. The number of hydrogen-bond donors (Lipinski definition) is 2. The van der Waals surface area contributed by atoms with E-state index in [1.54, 1.807) is 6.92 Å². The van der Waals surface area contributed by atoms with Crippen molar-refractivity contribution in [3.63, 3.8) is 0 Å². The van der Waals surface area contributed by atoms with Gasteiger partial charge in [0.15, 0.2) is 0 Å². The van der Waals surface area contributed by atoms with Crippen LogP contribution in [0.3, 0.4) is 0 Å². The van der Waals surface area contributed by atoms with Crippen molar-refractivity contribution < 1.29 is 38.9 Å². The predicted octanol–water partition coefficient (Wildman–Crippen LogP) is 1.36. The number of carbonyl (C=O) groups excluding carboxylic acids is 2. The maximum Gasteiger partial charge on any atom is 0.306 e. The van der Waals surface area contributed by atoms with E-state index in [1.807, 2.05) is 0 Å². The van der Waals surface area contributed by atoms with E-state index in [4.69, 9.17) is 19.7 Å². The Balaban J connectivity index is 3.65. The molecule has 0 spiro atoms. The minimum Gasteiger partial charge on any atom is -0.481 e. The topological polar surface area (TPSA) is 127 Å². The number of ether oxygens (including phenoxy) is 2. The summed E-state index contributed by atoms with van der Waals surface area (Å²) in [6, 6.07) is 0. The summed E-state index contributed by atoms with van der Waals surface area (Å²) >= 11 is 0. The van der Waals surface area contributed by atoms with Crippen LogP contribution in [0.15, 0.2) is 0 Å². The molecule has 0 aromatic carbocycles. The van der Waals surface area contributed by atoms with Crippen molar-refractivity contribution in [2.45, 2.75) is 58.0 Å². The lowest BCUT2D eigenvalue weighted by Crippen LogP contribution is -2.18. The molecule has 126 valence electrons. The number of carboxylic acid groups (broad SMARTS) is 2. The summed E-state index contributed by atoms with van der Waals surface area (Å²) in [5.74, 6) is -2.89. The molecule has 0 aliphatic rings. The predicted molar refractivity (Wildman–Crippen MR) is 74.1 cm³/mol. The van der Waals surface area contributed by atoms with E-state index in [9.17, 15) is 19.2 Å². The monoisotopic (exact) mass is 318 g/mol. The SMILES string of the molecule is CC(CCOC(=O)CCCC(=O)O)OC(=O)CCCC(=O)O. The molecule has 0 aromatic heterocycles. The lowest BCUT2D eigenvalue weighted by molar-refractivity contribution is -0.150. The van der Waals surface area contributed by atoms with Crippen molar-refractivity contribution in [3.8, 4) is 0 Å². The first kappa shape index (κ1) is 19.9. The fourth-order valence-electron chi connectivity index (χ4n) is 1.52. The van der Waals surface area contributed by atoms with E-state index in [0.717, 1.165) is 0 Å². The summed E-state index contributed by atoms with van der Waals surface area (Å²) in [6.07, 6.45) is 0.235. The molecule has 0 heterocycles. The molecule has 22 heavy (non-hydrogen) atoms. The van der Waals surface area contributed by atoms with Gasteiger partial charge < -0.3 is 19.7 Å². The van der Waals surface area contributed by atoms with Crippen LogP contribution in [0.25, 0.3) is 0 Å². The van der Waals surface area contributed by atoms with Crippen LogP contribution in [0.2, 0.25) is 0 Å². The number of carboxylic acids is 2. The molecule has 0 fully saturated rings. The highest BCUT2D eigenvalue weighted by Crippen LogP contribution is 2.05. The Morgan fingerprint density at radius 2 is 1.36 bits per heavy atom. The Hall–Kier alpha value is -2.12. The second-order valence-electron chi connectivity index (χ2n) is 4.80. The number of carbonyl (C=O) groups is 4. The molecule has 1 atom stereocenters. The van der Waals surface area contributed by atoms with Crippen molar-refractivity contribution in [2.24, 2.45) is 0 Å². The smallest absolute Gasteiger partial charge is 0.306 e. The van der Waals surface area contributed by atoms with E-state index in [2.05, 4.69) is 0 Å². The number of hydrogen-bond acceptors (Lipinski definition) is 6. The van der Waals surface area contributed by atoms with E-state index in [-0.39, 0.29) is 45.1 Å². The summed E-state index contributed by atoms with van der Waals surface area (Å²) in [5, 5.41) is 16.9. The van der Waals surface area contributed by atoms with Gasteiger partial charge in [0.05, 0.1) is 6.61 Å². The van der Waals surface area contributed by atoms with Crippen LogP contribution in [0.4, 0.5) is 0 Å². The highest BCUT2D eigenvalue weighted by atomic mass is 16.6. The molecule has 8 heteroatoms. The number of aliphatic carboxylic acids is 2. The second kappa shape index (κ2) is 11.5. The Kier molecular flexibility index (Phi) is 10.4. The van der Waals surface area contributed by atoms with Crippen LogP contribution in [-0.4, -0.2) is 46.8 Å². The van der Waals surface area contributed by atoms with Gasteiger partial charge in [-0.1, -0.05) is 0 Å². The van der Waals surface area contributed by atoms with Gasteiger partial charge in [-0.2, -0.15) is 0 Å². The van der Waals surface area contributed by atoms with Crippen molar-refractivity contribution in [1.29, 1.82) is 0 Å². The molecule has 0 bridgehead atoms. The molecule has 0 rings (SSSR count). The van der Waals surface area contributed by atoms with Gasteiger partial charge in [0.1, 0.15) is 6.10 Å². The zero-order valence-electron chi connectivity index (χ0n) is 12.6. The summed E-state index contributed by atoms with van der Waals surface area (Å²) < 4.78 is 9.91. The minimum absolute atomic E-state index is 0.0333. The molecule has 0 aliphatic heterocycles. The maximum atomic E-state index is 11.4. The second-order valence-corrected chi connectivity index (χ2v) is 4.80. The van der Waals surface area contributed by atoms with Crippen molar-refractivity contribution in [2.75, 3.05) is 6.61 Å². The fourth-order valence-corrected chi connectivity index (χ4v) is 1.52. The average Bonchev–Trinajstić information content (AvgIpc) is 2.37. The Morgan fingerprint density at radius 1 is 0.864 bits per heavy atom. The van der Waals surface area contributed by atoms with Crippen LogP contribution in [-0.2, 0) is 28.7 Å². The third-order valence-electron chi connectivity index (χ3n) is 2.66. The zero-order valence-corrected chi connectivity index (χ0v) is 12.6. The molecule has 2 N–H and O–H groups in total. The van der Waals surface area contributed by atoms with E-state index < -0.39 is 30.0 Å². The third-order valence-corrected chi connectivity index (χ3v) is 2.66. The van der Waals surface area contributed by atoms with Gasteiger partial charge in [-0.3, -0.25) is 19.2 Å². The summed E-state index contributed by atoms with van der Waals surface area (Å²) in [5.41, 5.74) is 0. The first-order valence-electron chi connectivity index (χ1n) is 7.10. The largest absolute Gasteiger partial charge is 0.481 e. The third kappa shape index (κ3) is 12.9. The molecule has 0 aliphatic carbocycles. The van der Waals surface area contributed by atoms with Gasteiger partial charge in [0, 0.05) is 32.1 Å².